The third-order valence-electron chi connectivity index (χ3n) is 2.98. The van der Waals surface area contributed by atoms with Gasteiger partial charge in [-0.05, 0) is 40.9 Å². The van der Waals surface area contributed by atoms with Gasteiger partial charge in [-0.3, -0.25) is 0 Å². The van der Waals surface area contributed by atoms with E-state index in [4.69, 9.17) is 9.97 Å². The Kier molecular flexibility index (Phi) is 8.72. The maximum absolute atomic E-state index is 4.74. The molecule has 0 saturated heterocycles. The maximum atomic E-state index is 4.74. The second kappa shape index (κ2) is 9.73. The van der Waals surface area contributed by atoms with Crippen LogP contribution in [0.15, 0.2) is 6.07 Å². The van der Waals surface area contributed by atoms with Crippen LogP contribution in [0.25, 0.3) is 0 Å². The van der Waals surface area contributed by atoms with Crippen molar-refractivity contribution in [3.63, 3.8) is 0 Å². The lowest BCUT2D eigenvalue weighted by Crippen LogP contribution is -2.07. The Labute approximate surface area is 139 Å². The minimum atomic E-state index is 0.402. The van der Waals surface area contributed by atoms with Gasteiger partial charge < -0.3 is 0 Å². The van der Waals surface area contributed by atoms with E-state index in [1.807, 2.05) is 23.5 Å². The Bertz CT molecular complexity index is 385. The molecule has 1 aromatic rings. The van der Waals surface area contributed by atoms with Gasteiger partial charge in [-0.25, -0.2) is 9.97 Å². The van der Waals surface area contributed by atoms with Gasteiger partial charge in [-0.1, -0.05) is 41.5 Å². The average molecular weight is 327 g/mol. The second-order valence-corrected chi connectivity index (χ2v) is 9.57. The van der Waals surface area contributed by atoms with Gasteiger partial charge in [-0.2, -0.15) is 23.5 Å². The van der Waals surface area contributed by atoms with Crippen molar-refractivity contribution in [2.45, 2.75) is 70.8 Å². The third-order valence-corrected chi connectivity index (χ3v) is 5.20. The molecule has 0 radical (unpaired) electrons. The summed E-state index contributed by atoms with van der Waals surface area (Å²) in [6.45, 7) is 13.3. The number of aromatic nitrogens is 2. The Balaban J connectivity index is 2.70. The number of thioether (sulfide) groups is 2. The molecule has 0 spiro atoms. The largest absolute Gasteiger partial charge is 0.238 e. The highest BCUT2D eigenvalue weighted by Crippen LogP contribution is 2.17. The lowest BCUT2D eigenvalue weighted by molar-refractivity contribution is 0.743. The molecule has 0 N–H and O–H groups in total. The van der Waals surface area contributed by atoms with Crippen LogP contribution >= 0.6 is 23.5 Å². The van der Waals surface area contributed by atoms with Gasteiger partial charge in [0.15, 0.2) is 0 Å². The first-order valence-electron chi connectivity index (χ1n) is 7.98. The molecule has 1 aromatic heterocycles. The summed E-state index contributed by atoms with van der Waals surface area (Å²) in [7, 11) is 0. The van der Waals surface area contributed by atoms with Crippen LogP contribution in [0.2, 0.25) is 0 Å². The van der Waals surface area contributed by atoms with E-state index in [0.29, 0.717) is 16.4 Å². The van der Waals surface area contributed by atoms with Crippen LogP contribution in [-0.2, 0) is 12.8 Å². The van der Waals surface area contributed by atoms with Crippen LogP contribution in [-0.4, -0.2) is 32.0 Å². The number of hydrogen-bond acceptors (Lipinski definition) is 4. The number of hydrogen-bond donors (Lipinski definition) is 0. The van der Waals surface area contributed by atoms with Gasteiger partial charge in [0.05, 0.1) is 0 Å². The molecule has 0 atom stereocenters. The highest BCUT2D eigenvalue weighted by Gasteiger charge is 2.09. The van der Waals surface area contributed by atoms with E-state index < -0.39 is 0 Å². The van der Waals surface area contributed by atoms with E-state index in [-0.39, 0.29) is 0 Å². The van der Waals surface area contributed by atoms with Crippen LogP contribution in [0, 0.1) is 0 Å². The molecule has 0 unspecified atom stereocenters. The lowest BCUT2D eigenvalue weighted by atomic mass is 10.1. The van der Waals surface area contributed by atoms with Crippen molar-refractivity contribution in [3.05, 3.63) is 23.3 Å². The van der Waals surface area contributed by atoms with Crippen molar-refractivity contribution < 1.29 is 0 Å². The average Bonchev–Trinajstić information content (AvgIpc) is 2.37. The molecule has 0 amide bonds. The van der Waals surface area contributed by atoms with Gasteiger partial charge in [0.25, 0.3) is 0 Å². The summed E-state index contributed by atoms with van der Waals surface area (Å²) in [6.07, 6.45) is 2.10. The van der Waals surface area contributed by atoms with Crippen LogP contribution in [0.5, 0.6) is 0 Å². The molecule has 0 saturated carbocycles. The van der Waals surface area contributed by atoms with E-state index in [1.165, 1.54) is 11.4 Å². The van der Waals surface area contributed by atoms with Gasteiger partial charge >= 0.3 is 0 Å². The summed E-state index contributed by atoms with van der Waals surface area (Å²) in [5.41, 5.74) is 2.43. The summed E-state index contributed by atoms with van der Waals surface area (Å²) in [4.78, 5) is 9.48. The number of rotatable bonds is 9. The van der Waals surface area contributed by atoms with Crippen LogP contribution in [0.1, 0.15) is 64.7 Å². The standard InChI is InChI=1S/C17H30N2S2/c1-12(2)17-18-15(7-9-20-13(3)4)11-16(19-17)8-10-21-14(5)6/h11-14H,7-10H2,1-6H3. The van der Waals surface area contributed by atoms with E-state index in [2.05, 4.69) is 47.6 Å². The van der Waals surface area contributed by atoms with Gasteiger partial charge in [0.1, 0.15) is 5.82 Å². The zero-order chi connectivity index (χ0) is 15.8. The summed E-state index contributed by atoms with van der Waals surface area (Å²) >= 11 is 4.01. The Morgan fingerprint density at radius 1 is 0.810 bits per heavy atom. The molecular formula is C17H30N2S2. The van der Waals surface area contributed by atoms with Gasteiger partial charge in [-0.15, -0.1) is 0 Å². The molecule has 1 rings (SSSR count). The molecule has 120 valence electrons. The minimum Gasteiger partial charge on any atom is -0.238 e. The normalized spacial score (nSPS) is 11.9. The fourth-order valence-electron chi connectivity index (χ4n) is 1.89. The zero-order valence-electron chi connectivity index (χ0n) is 14.3. The highest BCUT2D eigenvalue weighted by atomic mass is 32.2. The minimum absolute atomic E-state index is 0.402. The topological polar surface area (TPSA) is 25.8 Å². The molecule has 0 aromatic carbocycles. The first kappa shape index (κ1) is 18.8. The van der Waals surface area contributed by atoms with Crippen molar-refractivity contribution in [2.75, 3.05) is 11.5 Å². The molecule has 1 heterocycles. The predicted octanol–water partition coefficient (Wildman–Crippen LogP) is 4.97. The summed E-state index contributed by atoms with van der Waals surface area (Å²) in [5.74, 6) is 3.70. The van der Waals surface area contributed by atoms with E-state index in [9.17, 15) is 0 Å². The third kappa shape index (κ3) is 8.10. The molecular weight excluding hydrogens is 296 g/mol. The molecule has 21 heavy (non-hydrogen) atoms. The van der Waals surface area contributed by atoms with Gasteiger partial charge in [0, 0.05) is 17.3 Å². The molecule has 4 heteroatoms. The summed E-state index contributed by atoms with van der Waals surface area (Å²) < 4.78 is 0. The fraction of sp³-hybridized carbons (Fsp3) is 0.765. The monoisotopic (exact) mass is 326 g/mol. The molecule has 2 nitrogen and oxygen atoms in total. The lowest BCUT2D eigenvalue weighted by Gasteiger charge is -2.11. The fourth-order valence-corrected chi connectivity index (χ4v) is 3.49. The molecule has 0 bridgehead atoms. The second-order valence-electron chi connectivity index (χ2n) is 6.20. The first-order chi connectivity index (χ1) is 9.88. The molecule has 0 fully saturated rings. The van der Waals surface area contributed by atoms with Crippen LogP contribution in [0.3, 0.4) is 0 Å². The van der Waals surface area contributed by atoms with E-state index in [0.717, 1.165) is 30.2 Å². The highest BCUT2D eigenvalue weighted by molar-refractivity contribution is 8.00. The molecule has 0 aliphatic carbocycles. The Morgan fingerprint density at radius 2 is 1.24 bits per heavy atom. The summed E-state index contributed by atoms with van der Waals surface area (Å²) in [6, 6.07) is 2.22. The quantitative estimate of drug-likeness (QED) is 0.640. The zero-order valence-corrected chi connectivity index (χ0v) is 16.0. The van der Waals surface area contributed by atoms with E-state index in [1.54, 1.807) is 0 Å². The molecule has 0 aliphatic rings. The van der Waals surface area contributed by atoms with Crippen LogP contribution in [0.4, 0.5) is 0 Å². The number of nitrogens with zero attached hydrogens (tertiary/aromatic N) is 2. The van der Waals surface area contributed by atoms with E-state index >= 15 is 0 Å². The first-order valence-corrected chi connectivity index (χ1v) is 10.1. The van der Waals surface area contributed by atoms with Crippen molar-refractivity contribution >= 4 is 23.5 Å². The van der Waals surface area contributed by atoms with Crippen LogP contribution < -0.4 is 0 Å². The predicted molar refractivity (Wildman–Crippen MR) is 98.7 cm³/mol. The number of aryl methyl sites for hydroxylation is 2. The van der Waals surface area contributed by atoms with Gasteiger partial charge in [0.2, 0.25) is 0 Å². The Hall–Kier alpha value is -0.220. The van der Waals surface area contributed by atoms with Crippen molar-refractivity contribution in [2.24, 2.45) is 0 Å². The SMILES string of the molecule is CC(C)SCCc1cc(CCSC(C)C)nc(C(C)C)n1. The van der Waals surface area contributed by atoms with Crippen molar-refractivity contribution in [1.29, 1.82) is 0 Å². The smallest absolute Gasteiger partial charge is 0.131 e. The Morgan fingerprint density at radius 3 is 1.57 bits per heavy atom. The van der Waals surface area contributed by atoms with Crippen molar-refractivity contribution in [1.82, 2.24) is 9.97 Å². The summed E-state index contributed by atoms with van der Waals surface area (Å²) in [5, 5.41) is 1.39. The maximum Gasteiger partial charge on any atom is 0.131 e. The van der Waals surface area contributed by atoms with Crippen molar-refractivity contribution in [3.8, 4) is 0 Å². The molecule has 0 aliphatic heterocycles.